The number of carbonyl (C=O) groups is 1. The Kier molecular flexibility index (Phi) is 6.38. The van der Waals surface area contributed by atoms with Crippen molar-refractivity contribution in [2.45, 2.75) is 39.0 Å². The number of aromatic hydroxyl groups is 1. The Bertz CT molecular complexity index is 729. The number of phenolic OH excluding ortho intramolecular Hbond substituents is 1. The van der Waals surface area contributed by atoms with E-state index in [1.54, 1.807) is 12.1 Å². The Morgan fingerprint density at radius 2 is 1.70 bits per heavy atom. The molecule has 1 aliphatic heterocycles. The van der Waals surface area contributed by atoms with E-state index >= 15 is 0 Å². The standard InChI is InChI=1S/C23H29NO3/c1-17(2)13-16-27-22-9-5-20(6-10-22)23(26)24-14-11-19(12-15-24)18-3-7-21(25)8-4-18/h3-10,17,19,25H,11-16H2,1-2H3. The van der Waals surface area contributed by atoms with E-state index in [9.17, 15) is 9.90 Å². The molecule has 0 bridgehead atoms. The van der Waals surface area contributed by atoms with Gasteiger partial charge in [0, 0.05) is 18.7 Å². The molecule has 1 fully saturated rings. The molecule has 0 aliphatic carbocycles. The third-order valence-electron chi connectivity index (χ3n) is 5.21. The molecular weight excluding hydrogens is 338 g/mol. The molecule has 1 aliphatic rings. The topological polar surface area (TPSA) is 49.8 Å². The number of ether oxygens (including phenoxy) is 1. The van der Waals surface area contributed by atoms with Gasteiger partial charge in [0.15, 0.2) is 0 Å². The van der Waals surface area contributed by atoms with Crippen molar-refractivity contribution in [3.8, 4) is 11.5 Å². The highest BCUT2D eigenvalue weighted by Gasteiger charge is 2.24. The number of nitrogens with zero attached hydrogens (tertiary/aromatic N) is 1. The summed E-state index contributed by atoms with van der Waals surface area (Å²) in [7, 11) is 0. The number of hydrogen-bond acceptors (Lipinski definition) is 3. The summed E-state index contributed by atoms with van der Waals surface area (Å²) in [5.74, 6) is 2.27. The zero-order valence-corrected chi connectivity index (χ0v) is 16.2. The van der Waals surface area contributed by atoms with Crippen molar-refractivity contribution in [3.05, 3.63) is 59.7 Å². The second-order valence-electron chi connectivity index (χ2n) is 7.71. The number of amides is 1. The van der Waals surface area contributed by atoms with Crippen molar-refractivity contribution >= 4 is 5.91 Å². The molecule has 1 saturated heterocycles. The van der Waals surface area contributed by atoms with Gasteiger partial charge in [-0.1, -0.05) is 26.0 Å². The second kappa shape index (κ2) is 8.94. The van der Waals surface area contributed by atoms with E-state index in [1.807, 2.05) is 41.3 Å². The molecule has 2 aromatic rings. The molecule has 0 unspecified atom stereocenters. The van der Waals surface area contributed by atoms with E-state index in [4.69, 9.17) is 4.74 Å². The fourth-order valence-electron chi connectivity index (χ4n) is 3.45. The molecule has 3 rings (SSSR count). The predicted octanol–water partition coefficient (Wildman–Crippen LogP) is 4.84. The van der Waals surface area contributed by atoms with Gasteiger partial charge in [0.25, 0.3) is 5.91 Å². The molecule has 0 saturated carbocycles. The lowest BCUT2D eigenvalue weighted by Gasteiger charge is -2.32. The van der Waals surface area contributed by atoms with Gasteiger partial charge in [-0.3, -0.25) is 4.79 Å². The van der Waals surface area contributed by atoms with Crippen molar-refractivity contribution in [1.29, 1.82) is 0 Å². The maximum absolute atomic E-state index is 12.8. The van der Waals surface area contributed by atoms with Crippen molar-refractivity contribution < 1.29 is 14.6 Å². The fourth-order valence-corrected chi connectivity index (χ4v) is 3.45. The minimum atomic E-state index is 0.0906. The number of benzene rings is 2. The number of hydrogen-bond donors (Lipinski definition) is 1. The van der Waals surface area contributed by atoms with Crippen LogP contribution in [-0.4, -0.2) is 35.6 Å². The molecule has 1 amide bonds. The van der Waals surface area contributed by atoms with E-state index in [1.165, 1.54) is 5.56 Å². The van der Waals surface area contributed by atoms with Gasteiger partial charge in [-0.05, 0) is 73.1 Å². The summed E-state index contributed by atoms with van der Waals surface area (Å²) >= 11 is 0. The summed E-state index contributed by atoms with van der Waals surface area (Å²) in [6.07, 6.45) is 2.93. The summed E-state index contributed by atoms with van der Waals surface area (Å²) in [6.45, 7) is 6.58. The number of piperidine rings is 1. The molecule has 144 valence electrons. The lowest BCUT2D eigenvalue weighted by atomic mass is 9.89. The van der Waals surface area contributed by atoms with E-state index in [-0.39, 0.29) is 5.91 Å². The van der Waals surface area contributed by atoms with Gasteiger partial charge in [0.2, 0.25) is 0 Å². The average Bonchev–Trinajstić information content (AvgIpc) is 2.68. The first kappa shape index (κ1) is 19.3. The Hall–Kier alpha value is -2.49. The van der Waals surface area contributed by atoms with E-state index in [2.05, 4.69) is 13.8 Å². The first-order valence-corrected chi connectivity index (χ1v) is 9.84. The highest BCUT2D eigenvalue weighted by molar-refractivity contribution is 5.94. The van der Waals surface area contributed by atoms with Crippen LogP contribution in [-0.2, 0) is 0 Å². The molecule has 0 spiro atoms. The molecule has 27 heavy (non-hydrogen) atoms. The quantitative estimate of drug-likeness (QED) is 0.795. The second-order valence-corrected chi connectivity index (χ2v) is 7.71. The lowest BCUT2D eigenvalue weighted by molar-refractivity contribution is 0.0713. The van der Waals surface area contributed by atoms with Crippen LogP contribution in [0, 0.1) is 5.92 Å². The Morgan fingerprint density at radius 3 is 2.30 bits per heavy atom. The third-order valence-corrected chi connectivity index (χ3v) is 5.21. The zero-order chi connectivity index (χ0) is 19.2. The lowest BCUT2D eigenvalue weighted by Crippen LogP contribution is -2.37. The normalized spacial score (nSPS) is 15.1. The minimum absolute atomic E-state index is 0.0906. The summed E-state index contributed by atoms with van der Waals surface area (Å²) in [6, 6.07) is 14.9. The maximum atomic E-state index is 12.8. The molecule has 1 N–H and O–H groups in total. The minimum Gasteiger partial charge on any atom is -0.508 e. The number of likely N-dealkylation sites (tertiary alicyclic amines) is 1. The summed E-state index contributed by atoms with van der Waals surface area (Å²) < 4.78 is 5.73. The van der Waals surface area contributed by atoms with Gasteiger partial charge in [-0.2, -0.15) is 0 Å². The van der Waals surface area contributed by atoms with Crippen molar-refractivity contribution in [1.82, 2.24) is 4.90 Å². The van der Waals surface area contributed by atoms with Crippen molar-refractivity contribution in [2.24, 2.45) is 5.92 Å². The summed E-state index contributed by atoms with van der Waals surface area (Å²) in [5, 5.41) is 9.43. The van der Waals surface area contributed by atoms with E-state index in [0.717, 1.165) is 38.1 Å². The van der Waals surface area contributed by atoms with Gasteiger partial charge >= 0.3 is 0 Å². The van der Waals surface area contributed by atoms with Crippen LogP contribution in [0.1, 0.15) is 54.9 Å². The number of phenols is 1. The fraction of sp³-hybridized carbons (Fsp3) is 0.435. The van der Waals surface area contributed by atoms with Gasteiger partial charge in [0.1, 0.15) is 11.5 Å². The summed E-state index contributed by atoms with van der Waals surface area (Å²) in [5.41, 5.74) is 1.96. The molecule has 4 heteroatoms. The van der Waals surface area contributed by atoms with Crippen LogP contribution in [0.4, 0.5) is 0 Å². The largest absolute Gasteiger partial charge is 0.508 e. The third kappa shape index (κ3) is 5.25. The Labute approximate surface area is 161 Å². The first-order valence-electron chi connectivity index (χ1n) is 9.84. The molecule has 0 atom stereocenters. The number of rotatable bonds is 6. The van der Waals surface area contributed by atoms with Crippen molar-refractivity contribution in [2.75, 3.05) is 19.7 Å². The maximum Gasteiger partial charge on any atom is 0.253 e. The average molecular weight is 367 g/mol. The molecule has 0 aromatic heterocycles. The highest BCUT2D eigenvalue weighted by Crippen LogP contribution is 2.29. The molecule has 1 heterocycles. The SMILES string of the molecule is CC(C)CCOc1ccc(C(=O)N2CCC(c3ccc(O)cc3)CC2)cc1. The Morgan fingerprint density at radius 1 is 1.07 bits per heavy atom. The smallest absolute Gasteiger partial charge is 0.253 e. The van der Waals surface area contributed by atoms with Crippen LogP contribution in [0.25, 0.3) is 0 Å². The van der Waals surface area contributed by atoms with Crippen LogP contribution in [0.5, 0.6) is 11.5 Å². The van der Waals surface area contributed by atoms with Crippen LogP contribution < -0.4 is 4.74 Å². The monoisotopic (exact) mass is 367 g/mol. The highest BCUT2D eigenvalue weighted by atomic mass is 16.5. The summed E-state index contributed by atoms with van der Waals surface area (Å²) in [4.78, 5) is 14.7. The first-order chi connectivity index (χ1) is 13.0. The van der Waals surface area contributed by atoms with Crippen LogP contribution in [0.15, 0.2) is 48.5 Å². The van der Waals surface area contributed by atoms with E-state index in [0.29, 0.717) is 29.8 Å². The van der Waals surface area contributed by atoms with Gasteiger partial charge in [-0.15, -0.1) is 0 Å². The van der Waals surface area contributed by atoms with Crippen LogP contribution in [0.2, 0.25) is 0 Å². The predicted molar refractivity (Wildman–Crippen MR) is 107 cm³/mol. The zero-order valence-electron chi connectivity index (χ0n) is 16.2. The van der Waals surface area contributed by atoms with Crippen LogP contribution >= 0.6 is 0 Å². The molecule has 4 nitrogen and oxygen atoms in total. The number of carbonyl (C=O) groups excluding carboxylic acids is 1. The van der Waals surface area contributed by atoms with Crippen molar-refractivity contribution in [3.63, 3.8) is 0 Å². The molecule has 2 aromatic carbocycles. The van der Waals surface area contributed by atoms with Crippen LogP contribution in [0.3, 0.4) is 0 Å². The van der Waals surface area contributed by atoms with Gasteiger partial charge in [-0.25, -0.2) is 0 Å². The van der Waals surface area contributed by atoms with E-state index < -0.39 is 0 Å². The molecule has 0 radical (unpaired) electrons. The Balaban J connectivity index is 1.52. The van der Waals surface area contributed by atoms with Gasteiger partial charge < -0.3 is 14.7 Å². The molecular formula is C23H29NO3. The van der Waals surface area contributed by atoms with Gasteiger partial charge in [0.05, 0.1) is 6.61 Å².